The van der Waals surface area contributed by atoms with Crippen molar-refractivity contribution in [2.45, 2.75) is 0 Å². The van der Waals surface area contributed by atoms with E-state index in [1.807, 2.05) is 18.2 Å². The maximum absolute atomic E-state index is 10.1. The van der Waals surface area contributed by atoms with E-state index in [0.717, 1.165) is 5.39 Å². The molecule has 0 unspecified atom stereocenters. The lowest BCUT2D eigenvalue weighted by Gasteiger charge is -2.04. The molecule has 0 aliphatic carbocycles. The fraction of sp³-hybridized carbons (Fsp3) is 0. The summed E-state index contributed by atoms with van der Waals surface area (Å²) in [7, 11) is 0. The van der Waals surface area contributed by atoms with Crippen LogP contribution in [0.25, 0.3) is 10.8 Å². The zero-order valence-corrected chi connectivity index (χ0v) is 7.31. The third-order valence-corrected chi connectivity index (χ3v) is 2.04. The summed E-state index contributed by atoms with van der Waals surface area (Å²) >= 11 is 0. The summed E-state index contributed by atoms with van der Waals surface area (Å²) in [6.07, 6.45) is 0. The largest absolute Gasteiger partial charge is 0.504 e. The first-order valence-corrected chi connectivity index (χ1v) is 4.14. The second kappa shape index (κ2) is 3.38. The molecule has 0 amide bonds. The Morgan fingerprint density at radius 3 is 2.71 bits per heavy atom. The summed E-state index contributed by atoms with van der Waals surface area (Å²) in [5.41, 5.74) is 0. The number of aromatic hydroxyl groups is 1. The van der Waals surface area contributed by atoms with Crippen molar-refractivity contribution in [2.24, 2.45) is 0 Å². The van der Waals surface area contributed by atoms with Gasteiger partial charge in [0, 0.05) is 5.39 Å². The van der Waals surface area contributed by atoms with Crippen LogP contribution in [-0.2, 0) is 4.79 Å². The number of hydrogen-bond acceptors (Lipinski definition) is 3. The van der Waals surface area contributed by atoms with E-state index in [-0.39, 0.29) is 11.5 Å². The molecule has 0 radical (unpaired) electrons. The minimum atomic E-state index is -0.00444. The van der Waals surface area contributed by atoms with Gasteiger partial charge >= 0.3 is 0 Å². The Balaban J connectivity index is 2.68. The number of ether oxygens (including phenoxy) is 1. The van der Waals surface area contributed by atoms with Crippen molar-refractivity contribution in [3.63, 3.8) is 0 Å². The molecule has 0 saturated carbocycles. The van der Waals surface area contributed by atoms with E-state index in [1.165, 1.54) is 0 Å². The fourth-order valence-corrected chi connectivity index (χ4v) is 1.38. The molecule has 2 aromatic rings. The first-order valence-electron chi connectivity index (χ1n) is 4.14. The van der Waals surface area contributed by atoms with Crippen molar-refractivity contribution in [3.05, 3.63) is 36.4 Å². The summed E-state index contributed by atoms with van der Waals surface area (Å²) in [4.78, 5) is 10.1. The Bertz CT molecular complexity index is 477. The van der Waals surface area contributed by atoms with Crippen molar-refractivity contribution >= 4 is 17.2 Å². The van der Waals surface area contributed by atoms with E-state index in [9.17, 15) is 9.90 Å². The van der Waals surface area contributed by atoms with Crippen LogP contribution in [0.5, 0.6) is 11.5 Å². The van der Waals surface area contributed by atoms with Crippen LogP contribution < -0.4 is 4.74 Å². The van der Waals surface area contributed by atoms with Crippen LogP contribution in [0.2, 0.25) is 0 Å². The minimum Gasteiger partial charge on any atom is -0.504 e. The molecule has 70 valence electrons. The summed E-state index contributed by atoms with van der Waals surface area (Å²) in [6.45, 7) is 0.295. The van der Waals surface area contributed by atoms with Crippen molar-refractivity contribution in [1.29, 1.82) is 0 Å². The van der Waals surface area contributed by atoms with Gasteiger partial charge in [0.25, 0.3) is 6.47 Å². The highest BCUT2D eigenvalue weighted by Gasteiger charge is 2.05. The highest BCUT2D eigenvalue weighted by atomic mass is 16.5. The molecular weight excluding hydrogens is 180 g/mol. The predicted molar refractivity (Wildman–Crippen MR) is 52.3 cm³/mol. The number of fused-ring (bicyclic) bond motifs is 1. The standard InChI is InChI=1S/C11H8O3/c12-7-14-10-6-5-8-3-1-2-4-9(8)11(10)13/h1-7,13H. The Morgan fingerprint density at radius 1 is 1.14 bits per heavy atom. The van der Waals surface area contributed by atoms with Gasteiger partial charge in [0.05, 0.1) is 0 Å². The van der Waals surface area contributed by atoms with Crippen LogP contribution in [0.3, 0.4) is 0 Å². The van der Waals surface area contributed by atoms with Crippen LogP contribution in [0.4, 0.5) is 0 Å². The summed E-state index contributed by atoms with van der Waals surface area (Å²) < 4.78 is 4.61. The minimum absolute atomic E-state index is 0.00444. The lowest BCUT2D eigenvalue weighted by Crippen LogP contribution is -1.89. The van der Waals surface area contributed by atoms with E-state index in [2.05, 4.69) is 4.74 Å². The maximum Gasteiger partial charge on any atom is 0.298 e. The number of benzene rings is 2. The zero-order valence-electron chi connectivity index (χ0n) is 7.31. The Hall–Kier alpha value is -2.03. The fourth-order valence-electron chi connectivity index (χ4n) is 1.38. The molecule has 0 atom stereocenters. The normalized spacial score (nSPS) is 10.0. The Morgan fingerprint density at radius 2 is 1.93 bits per heavy atom. The zero-order chi connectivity index (χ0) is 9.97. The molecule has 0 saturated heterocycles. The predicted octanol–water partition coefficient (Wildman–Crippen LogP) is 2.08. The Kier molecular flexibility index (Phi) is 2.07. The smallest absolute Gasteiger partial charge is 0.298 e. The highest BCUT2D eigenvalue weighted by molar-refractivity contribution is 5.90. The van der Waals surface area contributed by atoms with Crippen LogP contribution in [-0.4, -0.2) is 11.6 Å². The second-order valence-corrected chi connectivity index (χ2v) is 2.85. The average molecular weight is 188 g/mol. The van der Waals surface area contributed by atoms with E-state index in [4.69, 9.17) is 0 Å². The van der Waals surface area contributed by atoms with Gasteiger partial charge in [-0.3, -0.25) is 4.79 Å². The Labute approximate surface area is 80.5 Å². The van der Waals surface area contributed by atoms with E-state index in [0.29, 0.717) is 11.9 Å². The molecule has 3 heteroatoms. The molecule has 14 heavy (non-hydrogen) atoms. The number of phenols is 1. The molecule has 0 aromatic heterocycles. The number of hydrogen-bond donors (Lipinski definition) is 1. The third kappa shape index (κ3) is 1.29. The van der Waals surface area contributed by atoms with Gasteiger partial charge in [-0.25, -0.2) is 0 Å². The van der Waals surface area contributed by atoms with Crippen LogP contribution in [0, 0.1) is 0 Å². The van der Waals surface area contributed by atoms with Crippen molar-refractivity contribution in [2.75, 3.05) is 0 Å². The molecular formula is C11H8O3. The lowest BCUT2D eigenvalue weighted by molar-refractivity contribution is -0.120. The van der Waals surface area contributed by atoms with Gasteiger partial charge in [-0.15, -0.1) is 0 Å². The third-order valence-electron chi connectivity index (χ3n) is 2.04. The highest BCUT2D eigenvalue weighted by Crippen LogP contribution is 2.33. The average Bonchev–Trinajstić information content (AvgIpc) is 2.23. The van der Waals surface area contributed by atoms with Crippen LogP contribution >= 0.6 is 0 Å². The number of phenolic OH excluding ortho intramolecular Hbond substituents is 1. The van der Waals surface area contributed by atoms with E-state index in [1.54, 1.807) is 18.2 Å². The van der Waals surface area contributed by atoms with Crippen molar-refractivity contribution < 1.29 is 14.6 Å². The van der Waals surface area contributed by atoms with Crippen molar-refractivity contribution in [3.8, 4) is 11.5 Å². The molecule has 0 heterocycles. The topological polar surface area (TPSA) is 46.5 Å². The lowest BCUT2D eigenvalue weighted by atomic mass is 10.1. The summed E-state index contributed by atoms with van der Waals surface area (Å²) in [5, 5.41) is 11.3. The summed E-state index contributed by atoms with van der Waals surface area (Å²) in [5.74, 6) is 0.175. The van der Waals surface area contributed by atoms with E-state index >= 15 is 0 Å². The van der Waals surface area contributed by atoms with E-state index < -0.39 is 0 Å². The maximum atomic E-state index is 10.1. The van der Waals surface area contributed by atoms with Gasteiger partial charge in [0.1, 0.15) is 0 Å². The molecule has 0 spiro atoms. The van der Waals surface area contributed by atoms with Crippen LogP contribution in [0.15, 0.2) is 36.4 Å². The SMILES string of the molecule is O=COc1ccc2ccccc2c1O. The molecule has 2 aromatic carbocycles. The molecule has 2 rings (SSSR count). The van der Waals surface area contributed by atoms with Gasteiger partial charge in [-0.05, 0) is 11.5 Å². The quantitative estimate of drug-likeness (QED) is 0.734. The molecule has 1 N–H and O–H groups in total. The summed E-state index contributed by atoms with van der Waals surface area (Å²) in [6, 6.07) is 10.7. The molecule has 3 nitrogen and oxygen atoms in total. The van der Waals surface area contributed by atoms with Crippen molar-refractivity contribution in [1.82, 2.24) is 0 Å². The van der Waals surface area contributed by atoms with Gasteiger partial charge in [-0.2, -0.15) is 0 Å². The van der Waals surface area contributed by atoms with Gasteiger partial charge in [0.2, 0.25) is 0 Å². The first kappa shape index (κ1) is 8.56. The monoisotopic (exact) mass is 188 g/mol. The van der Waals surface area contributed by atoms with Gasteiger partial charge in [0.15, 0.2) is 11.5 Å². The second-order valence-electron chi connectivity index (χ2n) is 2.85. The number of carbonyl (C=O) groups is 1. The van der Waals surface area contributed by atoms with Crippen LogP contribution in [0.1, 0.15) is 0 Å². The van der Waals surface area contributed by atoms with Gasteiger partial charge in [-0.1, -0.05) is 30.3 Å². The molecule has 0 aliphatic rings. The number of carbonyl (C=O) groups excluding carboxylic acids is 1. The molecule has 0 fully saturated rings. The first-order chi connectivity index (χ1) is 6.83. The molecule has 0 bridgehead atoms. The number of rotatable bonds is 2. The van der Waals surface area contributed by atoms with Gasteiger partial charge < -0.3 is 9.84 Å². The molecule has 0 aliphatic heterocycles.